The van der Waals surface area contributed by atoms with Crippen LogP contribution in [0.5, 0.6) is 11.5 Å². The highest BCUT2D eigenvalue weighted by Crippen LogP contribution is 2.25. The summed E-state index contributed by atoms with van der Waals surface area (Å²) in [6.07, 6.45) is 4.75. The Labute approximate surface area is 177 Å². The zero-order chi connectivity index (χ0) is 21.1. The summed E-state index contributed by atoms with van der Waals surface area (Å²) < 4.78 is 11.7. The molecule has 10 heteroatoms. The summed E-state index contributed by atoms with van der Waals surface area (Å²) in [5.74, 6) is 0.737. The van der Waals surface area contributed by atoms with Gasteiger partial charge in [-0.25, -0.2) is 4.98 Å². The minimum atomic E-state index is -0.507. The number of benzene rings is 1. The molecule has 30 heavy (non-hydrogen) atoms. The van der Waals surface area contributed by atoms with Crippen molar-refractivity contribution in [3.63, 3.8) is 0 Å². The molecule has 1 fully saturated rings. The highest BCUT2D eigenvalue weighted by atomic mass is 32.1. The summed E-state index contributed by atoms with van der Waals surface area (Å²) in [4.78, 5) is 32.4. The minimum Gasteiger partial charge on any atom is -0.497 e. The second-order valence-electron chi connectivity index (χ2n) is 6.96. The normalized spacial score (nSPS) is 14.0. The standard InChI is InChI=1S/C20H23N5O4S/c1-28-14-7-6-13(16(10-14)29-2)11-21-17(26)15-12-22-19-25(18(15)27)23-20(30-19)24-8-4-3-5-9-24/h6-7,10,12H,3-5,8-9,11H2,1-2H3,(H,21,26). The average molecular weight is 430 g/mol. The van der Waals surface area contributed by atoms with Gasteiger partial charge in [0.25, 0.3) is 11.5 Å². The van der Waals surface area contributed by atoms with Crippen LogP contribution in [0.4, 0.5) is 5.13 Å². The molecule has 0 unspecified atom stereocenters. The Morgan fingerprint density at radius 1 is 1.20 bits per heavy atom. The molecule has 1 aliphatic heterocycles. The number of amides is 1. The van der Waals surface area contributed by atoms with Crippen LogP contribution in [0.25, 0.3) is 4.96 Å². The van der Waals surface area contributed by atoms with Gasteiger partial charge in [0, 0.05) is 37.5 Å². The van der Waals surface area contributed by atoms with Gasteiger partial charge in [-0.2, -0.15) is 4.52 Å². The molecule has 3 aromatic rings. The fourth-order valence-electron chi connectivity index (χ4n) is 3.41. The molecule has 1 amide bonds. The lowest BCUT2D eigenvalue weighted by molar-refractivity contribution is 0.0948. The molecule has 4 rings (SSSR count). The van der Waals surface area contributed by atoms with E-state index in [2.05, 4.69) is 20.3 Å². The molecular formula is C20H23N5O4S. The van der Waals surface area contributed by atoms with Crippen LogP contribution in [-0.4, -0.2) is 47.8 Å². The largest absolute Gasteiger partial charge is 0.497 e. The molecule has 1 aliphatic rings. The third kappa shape index (κ3) is 3.95. The van der Waals surface area contributed by atoms with Crippen LogP contribution in [0.2, 0.25) is 0 Å². The first-order valence-corrected chi connectivity index (χ1v) is 10.6. The fourth-order valence-corrected chi connectivity index (χ4v) is 4.33. The van der Waals surface area contributed by atoms with E-state index in [-0.39, 0.29) is 12.1 Å². The van der Waals surface area contributed by atoms with Crippen molar-refractivity contribution >= 4 is 27.3 Å². The first kappa shape index (κ1) is 20.1. The predicted molar refractivity (Wildman–Crippen MR) is 114 cm³/mol. The smallest absolute Gasteiger partial charge is 0.288 e. The zero-order valence-electron chi connectivity index (χ0n) is 16.9. The van der Waals surface area contributed by atoms with Crippen molar-refractivity contribution in [3.8, 4) is 11.5 Å². The minimum absolute atomic E-state index is 0.0459. The van der Waals surface area contributed by atoms with E-state index in [0.717, 1.165) is 36.6 Å². The first-order valence-electron chi connectivity index (χ1n) is 9.73. The summed E-state index contributed by atoms with van der Waals surface area (Å²) in [5, 5.41) is 7.93. The van der Waals surface area contributed by atoms with Crippen LogP contribution in [0.1, 0.15) is 35.2 Å². The van der Waals surface area contributed by atoms with Crippen molar-refractivity contribution in [1.82, 2.24) is 19.9 Å². The summed E-state index contributed by atoms with van der Waals surface area (Å²) in [5.41, 5.74) is 0.246. The molecule has 1 saturated heterocycles. The average Bonchev–Trinajstić information content (AvgIpc) is 3.23. The van der Waals surface area contributed by atoms with Gasteiger partial charge in [0.2, 0.25) is 10.1 Å². The van der Waals surface area contributed by atoms with Crippen molar-refractivity contribution < 1.29 is 14.3 Å². The van der Waals surface area contributed by atoms with Gasteiger partial charge >= 0.3 is 0 Å². The number of carbonyl (C=O) groups is 1. The third-order valence-corrected chi connectivity index (χ3v) is 6.06. The maximum absolute atomic E-state index is 12.8. The molecule has 1 N–H and O–H groups in total. The summed E-state index contributed by atoms with van der Waals surface area (Å²) in [6.45, 7) is 2.04. The van der Waals surface area contributed by atoms with Gasteiger partial charge in [-0.3, -0.25) is 9.59 Å². The molecule has 0 aliphatic carbocycles. The van der Waals surface area contributed by atoms with Gasteiger partial charge in [-0.1, -0.05) is 11.3 Å². The Kier molecular flexibility index (Phi) is 5.84. The molecule has 0 saturated carbocycles. The summed E-state index contributed by atoms with van der Waals surface area (Å²) >= 11 is 1.36. The number of fused-ring (bicyclic) bond motifs is 1. The van der Waals surface area contributed by atoms with Gasteiger partial charge < -0.3 is 19.7 Å². The van der Waals surface area contributed by atoms with E-state index in [9.17, 15) is 9.59 Å². The number of anilines is 1. The summed E-state index contributed by atoms with van der Waals surface area (Å²) in [6, 6.07) is 5.32. The number of aromatic nitrogens is 3. The lowest BCUT2D eigenvalue weighted by Gasteiger charge is -2.25. The van der Waals surface area contributed by atoms with E-state index in [0.29, 0.717) is 16.5 Å². The number of ether oxygens (including phenoxy) is 2. The number of nitrogens with zero attached hydrogens (tertiary/aromatic N) is 4. The van der Waals surface area contributed by atoms with E-state index >= 15 is 0 Å². The Hall–Kier alpha value is -3.14. The molecule has 0 radical (unpaired) electrons. The van der Waals surface area contributed by atoms with E-state index in [1.54, 1.807) is 32.4 Å². The number of nitrogens with one attached hydrogen (secondary N) is 1. The van der Waals surface area contributed by atoms with Crippen LogP contribution in [0.15, 0.2) is 29.2 Å². The number of piperidine rings is 1. The van der Waals surface area contributed by atoms with E-state index in [1.165, 1.54) is 28.5 Å². The first-order chi connectivity index (χ1) is 14.6. The zero-order valence-corrected chi connectivity index (χ0v) is 17.7. The lowest BCUT2D eigenvalue weighted by atomic mass is 10.1. The summed E-state index contributed by atoms with van der Waals surface area (Å²) in [7, 11) is 3.12. The topological polar surface area (TPSA) is 98.1 Å². The monoisotopic (exact) mass is 429 g/mol. The van der Waals surface area contributed by atoms with E-state index in [4.69, 9.17) is 9.47 Å². The fraction of sp³-hybridized carbons (Fsp3) is 0.400. The highest BCUT2D eigenvalue weighted by Gasteiger charge is 2.20. The van der Waals surface area contributed by atoms with Crippen LogP contribution >= 0.6 is 11.3 Å². The highest BCUT2D eigenvalue weighted by molar-refractivity contribution is 7.20. The predicted octanol–water partition coefficient (Wildman–Crippen LogP) is 2.09. The molecule has 0 bridgehead atoms. The number of carbonyl (C=O) groups excluding carboxylic acids is 1. The van der Waals surface area contributed by atoms with Crippen LogP contribution < -0.4 is 25.2 Å². The Morgan fingerprint density at radius 2 is 2.00 bits per heavy atom. The SMILES string of the molecule is COc1ccc(CNC(=O)c2cnc3sc(N4CCCCC4)nn3c2=O)c(OC)c1. The molecule has 0 spiro atoms. The number of hydrogen-bond acceptors (Lipinski definition) is 8. The Balaban J connectivity index is 1.53. The van der Waals surface area contributed by atoms with Gasteiger partial charge in [-0.15, -0.1) is 5.10 Å². The van der Waals surface area contributed by atoms with Gasteiger partial charge in [0.05, 0.1) is 14.2 Å². The number of hydrogen-bond donors (Lipinski definition) is 1. The van der Waals surface area contributed by atoms with Gasteiger partial charge in [0.15, 0.2) is 0 Å². The molecule has 3 heterocycles. The van der Waals surface area contributed by atoms with Crippen molar-refractivity contribution in [2.75, 3.05) is 32.2 Å². The number of rotatable bonds is 6. The molecular weight excluding hydrogens is 406 g/mol. The number of methoxy groups -OCH3 is 2. The third-order valence-electron chi connectivity index (χ3n) is 5.08. The maximum Gasteiger partial charge on any atom is 0.288 e. The van der Waals surface area contributed by atoms with Crippen LogP contribution in [0, 0.1) is 0 Å². The quantitative estimate of drug-likeness (QED) is 0.641. The van der Waals surface area contributed by atoms with E-state index < -0.39 is 11.5 Å². The molecule has 158 valence electrons. The Bertz CT molecular complexity index is 1120. The van der Waals surface area contributed by atoms with Crippen LogP contribution in [-0.2, 0) is 6.54 Å². The van der Waals surface area contributed by atoms with Crippen molar-refractivity contribution in [2.45, 2.75) is 25.8 Å². The van der Waals surface area contributed by atoms with E-state index in [1.807, 2.05) is 0 Å². The molecule has 1 aromatic carbocycles. The van der Waals surface area contributed by atoms with Crippen LogP contribution in [0.3, 0.4) is 0 Å². The van der Waals surface area contributed by atoms with Crippen molar-refractivity contribution in [2.24, 2.45) is 0 Å². The molecule has 2 aromatic heterocycles. The maximum atomic E-state index is 12.8. The lowest BCUT2D eigenvalue weighted by Crippen LogP contribution is -2.32. The van der Waals surface area contributed by atoms with Crippen molar-refractivity contribution in [1.29, 1.82) is 0 Å². The van der Waals surface area contributed by atoms with Crippen molar-refractivity contribution in [3.05, 3.63) is 45.9 Å². The van der Waals surface area contributed by atoms with Gasteiger partial charge in [0.1, 0.15) is 17.1 Å². The Morgan fingerprint density at radius 3 is 2.73 bits per heavy atom. The van der Waals surface area contributed by atoms with Gasteiger partial charge in [-0.05, 0) is 31.4 Å². The second kappa shape index (κ2) is 8.70. The molecule has 9 nitrogen and oxygen atoms in total. The second-order valence-corrected chi connectivity index (χ2v) is 7.90. The molecule has 0 atom stereocenters.